The smallest absolute Gasteiger partial charge is 0.372 e. The van der Waals surface area contributed by atoms with Crippen molar-refractivity contribution in [3.05, 3.63) is 0 Å². The van der Waals surface area contributed by atoms with Gasteiger partial charge >= 0.3 is 6.18 Å². The lowest BCUT2D eigenvalue weighted by atomic mass is 9.91. The van der Waals surface area contributed by atoms with Crippen LogP contribution >= 0.6 is 0 Å². The van der Waals surface area contributed by atoms with E-state index < -0.39 is 12.8 Å². The highest BCUT2D eigenvalue weighted by Gasteiger charge is 2.29. The van der Waals surface area contributed by atoms with E-state index >= 15 is 0 Å². The first kappa shape index (κ1) is 13.8. The highest BCUT2D eigenvalue weighted by molar-refractivity contribution is 4.76. The van der Waals surface area contributed by atoms with Crippen molar-refractivity contribution < 1.29 is 17.9 Å². The zero-order valence-corrected chi connectivity index (χ0v) is 9.65. The van der Waals surface area contributed by atoms with E-state index in [2.05, 4.69) is 5.32 Å². The Labute approximate surface area is 94.5 Å². The Morgan fingerprint density at radius 2 is 1.94 bits per heavy atom. The molecule has 0 aromatic carbocycles. The van der Waals surface area contributed by atoms with Crippen molar-refractivity contribution in [3.63, 3.8) is 0 Å². The number of rotatable bonds is 6. The normalized spacial score (nSPS) is 20.2. The Kier molecular flexibility index (Phi) is 5.55. The summed E-state index contributed by atoms with van der Waals surface area (Å²) in [4.78, 5) is 0. The molecule has 0 aromatic heterocycles. The summed E-state index contributed by atoms with van der Waals surface area (Å²) in [6.07, 6.45) is 0.442. The second-order valence-corrected chi connectivity index (χ2v) is 4.49. The largest absolute Gasteiger partial charge is 0.411 e. The van der Waals surface area contributed by atoms with Gasteiger partial charge in [0.25, 0.3) is 0 Å². The maximum absolute atomic E-state index is 11.9. The van der Waals surface area contributed by atoms with Crippen LogP contribution in [0.25, 0.3) is 0 Å². The minimum Gasteiger partial charge on any atom is -0.372 e. The van der Waals surface area contributed by atoms with E-state index in [4.69, 9.17) is 4.74 Å². The van der Waals surface area contributed by atoms with Crippen LogP contribution in [0.5, 0.6) is 0 Å². The van der Waals surface area contributed by atoms with Gasteiger partial charge in [-0.1, -0.05) is 25.7 Å². The van der Waals surface area contributed by atoms with Crippen molar-refractivity contribution in [1.29, 1.82) is 0 Å². The topological polar surface area (TPSA) is 21.3 Å². The summed E-state index contributed by atoms with van der Waals surface area (Å²) in [6.45, 7) is -0.173. The highest BCUT2D eigenvalue weighted by atomic mass is 19.4. The van der Waals surface area contributed by atoms with Crippen LogP contribution in [-0.4, -0.2) is 33.0 Å². The molecule has 0 bridgehead atoms. The van der Waals surface area contributed by atoms with Gasteiger partial charge in [-0.25, -0.2) is 0 Å². The molecule has 0 saturated heterocycles. The zero-order chi connectivity index (χ0) is 12.0. The van der Waals surface area contributed by atoms with E-state index in [0.717, 1.165) is 19.4 Å². The zero-order valence-electron chi connectivity index (χ0n) is 9.65. The van der Waals surface area contributed by atoms with Crippen LogP contribution in [-0.2, 0) is 4.74 Å². The molecule has 0 radical (unpaired) electrons. The summed E-state index contributed by atoms with van der Waals surface area (Å²) in [5.74, 6) is 0.746. The van der Waals surface area contributed by atoms with Crippen LogP contribution in [0, 0.1) is 11.8 Å². The SMILES string of the molecule is CNCC(COCC(F)(F)F)C1CCCC1. The van der Waals surface area contributed by atoms with E-state index in [9.17, 15) is 13.2 Å². The van der Waals surface area contributed by atoms with E-state index in [1.807, 2.05) is 7.05 Å². The first-order valence-electron chi connectivity index (χ1n) is 5.82. The van der Waals surface area contributed by atoms with Crippen LogP contribution < -0.4 is 5.32 Å². The summed E-state index contributed by atoms with van der Waals surface area (Å²) in [5.41, 5.74) is 0. The van der Waals surface area contributed by atoms with Gasteiger partial charge in [-0.2, -0.15) is 13.2 Å². The van der Waals surface area contributed by atoms with Crippen molar-refractivity contribution in [3.8, 4) is 0 Å². The molecule has 0 aromatic rings. The van der Waals surface area contributed by atoms with Gasteiger partial charge in [0, 0.05) is 6.54 Å². The Hall–Kier alpha value is -0.290. The Morgan fingerprint density at radius 1 is 1.31 bits per heavy atom. The van der Waals surface area contributed by atoms with Crippen LogP contribution in [0.4, 0.5) is 13.2 Å². The van der Waals surface area contributed by atoms with E-state index in [0.29, 0.717) is 5.92 Å². The average molecular weight is 239 g/mol. The van der Waals surface area contributed by atoms with Crippen LogP contribution in [0.15, 0.2) is 0 Å². The molecular weight excluding hydrogens is 219 g/mol. The third-order valence-corrected chi connectivity index (χ3v) is 3.13. The lowest BCUT2D eigenvalue weighted by Crippen LogP contribution is -2.30. The molecule has 0 heterocycles. The number of nitrogens with one attached hydrogen (secondary N) is 1. The molecular formula is C11H20F3NO. The third-order valence-electron chi connectivity index (χ3n) is 3.13. The van der Waals surface area contributed by atoms with Crippen molar-refractivity contribution in [2.24, 2.45) is 11.8 Å². The summed E-state index contributed by atoms with van der Waals surface area (Å²) in [7, 11) is 1.83. The van der Waals surface area contributed by atoms with Gasteiger partial charge in [-0.05, 0) is 18.9 Å². The number of ether oxygens (including phenoxy) is 1. The summed E-state index contributed by atoms with van der Waals surface area (Å²) in [6, 6.07) is 0. The molecule has 16 heavy (non-hydrogen) atoms. The van der Waals surface area contributed by atoms with E-state index in [1.54, 1.807) is 0 Å². The van der Waals surface area contributed by atoms with Crippen LogP contribution in [0.3, 0.4) is 0 Å². The molecule has 1 rings (SSSR count). The number of hydrogen-bond donors (Lipinski definition) is 1. The van der Waals surface area contributed by atoms with E-state index in [1.165, 1.54) is 12.8 Å². The molecule has 96 valence electrons. The van der Waals surface area contributed by atoms with Crippen molar-refractivity contribution in [2.45, 2.75) is 31.9 Å². The van der Waals surface area contributed by atoms with Crippen LogP contribution in [0.2, 0.25) is 0 Å². The molecule has 1 saturated carbocycles. The molecule has 0 aliphatic heterocycles. The minimum absolute atomic E-state index is 0.213. The first-order valence-corrected chi connectivity index (χ1v) is 5.82. The van der Waals surface area contributed by atoms with Gasteiger partial charge in [0.1, 0.15) is 6.61 Å². The number of alkyl halides is 3. The first-order chi connectivity index (χ1) is 7.53. The van der Waals surface area contributed by atoms with Crippen molar-refractivity contribution in [2.75, 3.05) is 26.8 Å². The quantitative estimate of drug-likeness (QED) is 0.769. The lowest BCUT2D eigenvalue weighted by molar-refractivity contribution is -0.177. The van der Waals surface area contributed by atoms with Crippen molar-refractivity contribution >= 4 is 0 Å². The van der Waals surface area contributed by atoms with Crippen LogP contribution in [0.1, 0.15) is 25.7 Å². The molecule has 0 spiro atoms. The summed E-state index contributed by atoms with van der Waals surface area (Å²) in [5, 5.41) is 3.03. The Balaban J connectivity index is 2.27. The molecule has 5 heteroatoms. The van der Waals surface area contributed by atoms with Gasteiger partial charge in [0.05, 0.1) is 6.61 Å². The minimum atomic E-state index is -4.21. The number of halogens is 3. The molecule has 1 atom stereocenters. The maximum Gasteiger partial charge on any atom is 0.411 e. The second-order valence-electron chi connectivity index (χ2n) is 4.49. The van der Waals surface area contributed by atoms with Gasteiger partial charge in [-0.3, -0.25) is 0 Å². The van der Waals surface area contributed by atoms with Gasteiger partial charge in [0.2, 0.25) is 0 Å². The fourth-order valence-electron chi connectivity index (χ4n) is 2.38. The van der Waals surface area contributed by atoms with Crippen molar-refractivity contribution in [1.82, 2.24) is 5.32 Å². The van der Waals surface area contributed by atoms with Gasteiger partial charge in [-0.15, -0.1) is 0 Å². The monoisotopic (exact) mass is 239 g/mol. The lowest BCUT2D eigenvalue weighted by Gasteiger charge is -2.23. The molecule has 0 amide bonds. The molecule has 1 aliphatic carbocycles. The maximum atomic E-state index is 11.9. The fraction of sp³-hybridized carbons (Fsp3) is 1.00. The molecule has 2 nitrogen and oxygen atoms in total. The molecule has 1 fully saturated rings. The second kappa shape index (κ2) is 6.45. The van der Waals surface area contributed by atoms with Gasteiger partial charge in [0.15, 0.2) is 0 Å². The molecule has 1 unspecified atom stereocenters. The molecule has 1 aliphatic rings. The standard InChI is InChI=1S/C11H20F3NO/c1-15-6-10(9-4-2-3-5-9)7-16-8-11(12,13)14/h9-10,15H,2-8H2,1H3. The fourth-order valence-corrected chi connectivity index (χ4v) is 2.38. The van der Waals surface area contributed by atoms with Gasteiger partial charge < -0.3 is 10.1 Å². The Morgan fingerprint density at radius 3 is 2.44 bits per heavy atom. The average Bonchev–Trinajstić information content (AvgIpc) is 2.67. The highest BCUT2D eigenvalue weighted by Crippen LogP contribution is 2.31. The summed E-state index contributed by atoms with van der Waals surface area (Å²) < 4.78 is 40.5. The summed E-state index contributed by atoms with van der Waals surface area (Å²) >= 11 is 0. The number of hydrogen-bond acceptors (Lipinski definition) is 2. The third kappa shape index (κ3) is 5.16. The predicted octanol–water partition coefficient (Wildman–Crippen LogP) is 2.59. The predicted molar refractivity (Wildman–Crippen MR) is 56.2 cm³/mol. The van der Waals surface area contributed by atoms with E-state index in [-0.39, 0.29) is 12.5 Å². The Bertz CT molecular complexity index is 190. The molecule has 1 N–H and O–H groups in total.